The first kappa shape index (κ1) is 17.5. The number of ketones is 1. The van der Waals surface area contributed by atoms with Crippen molar-refractivity contribution in [2.24, 2.45) is 5.73 Å². The maximum Gasteiger partial charge on any atom is 0.409 e. The van der Waals surface area contributed by atoms with Crippen LogP contribution in [0.25, 0.3) is 22.4 Å². The van der Waals surface area contributed by atoms with Crippen molar-refractivity contribution >= 4 is 22.9 Å². The van der Waals surface area contributed by atoms with E-state index in [-0.39, 0.29) is 5.78 Å². The number of amides is 1. The van der Waals surface area contributed by atoms with Gasteiger partial charge in [0, 0.05) is 22.8 Å². The van der Waals surface area contributed by atoms with Gasteiger partial charge in [-0.2, -0.15) is 0 Å². The first-order valence-corrected chi connectivity index (χ1v) is 8.68. The van der Waals surface area contributed by atoms with Gasteiger partial charge in [0.15, 0.2) is 5.78 Å². The number of hydrogen-bond acceptors (Lipinski definition) is 4. The molecule has 1 heterocycles. The van der Waals surface area contributed by atoms with Crippen LogP contribution in [0, 0.1) is 6.92 Å². The highest BCUT2D eigenvalue weighted by Crippen LogP contribution is 2.24. The monoisotopic (exact) mass is 371 g/mol. The summed E-state index contributed by atoms with van der Waals surface area (Å²) in [6.45, 7) is 1.99. The number of H-pyrrole nitrogens is 1. The van der Waals surface area contributed by atoms with Gasteiger partial charge in [-0.3, -0.25) is 4.79 Å². The Morgan fingerprint density at radius 1 is 0.929 bits per heavy atom. The lowest BCUT2D eigenvalue weighted by Crippen LogP contribution is -2.16. The van der Waals surface area contributed by atoms with E-state index in [2.05, 4.69) is 9.97 Å². The number of hydrogen-bond donors (Lipinski definition) is 2. The molecule has 6 heteroatoms. The van der Waals surface area contributed by atoms with Crippen molar-refractivity contribution in [1.29, 1.82) is 0 Å². The minimum Gasteiger partial charge on any atom is -0.410 e. The van der Waals surface area contributed by atoms with E-state index < -0.39 is 6.09 Å². The van der Waals surface area contributed by atoms with Crippen LogP contribution in [0.15, 0.2) is 66.7 Å². The van der Waals surface area contributed by atoms with Crippen LogP contribution in [0.3, 0.4) is 0 Å². The lowest BCUT2D eigenvalue weighted by molar-refractivity contribution is 0.103. The second-order valence-electron chi connectivity index (χ2n) is 6.46. The Morgan fingerprint density at radius 3 is 2.21 bits per heavy atom. The zero-order chi connectivity index (χ0) is 19.7. The number of imidazole rings is 1. The predicted octanol–water partition coefficient (Wildman–Crippen LogP) is 4.23. The van der Waals surface area contributed by atoms with Gasteiger partial charge >= 0.3 is 6.09 Å². The van der Waals surface area contributed by atoms with E-state index in [0.29, 0.717) is 28.2 Å². The molecule has 0 spiro atoms. The van der Waals surface area contributed by atoms with Gasteiger partial charge < -0.3 is 15.5 Å². The molecule has 1 aromatic heterocycles. The minimum atomic E-state index is -0.868. The van der Waals surface area contributed by atoms with Crippen LogP contribution in [-0.4, -0.2) is 21.8 Å². The Labute approximate surface area is 161 Å². The molecule has 0 unspecified atom stereocenters. The lowest BCUT2D eigenvalue weighted by atomic mass is 10.0. The molecule has 6 nitrogen and oxygen atoms in total. The molecule has 0 atom stereocenters. The fourth-order valence-corrected chi connectivity index (χ4v) is 2.96. The summed E-state index contributed by atoms with van der Waals surface area (Å²) in [5.41, 5.74) is 9.71. The molecule has 3 N–H and O–H groups in total. The molecular weight excluding hydrogens is 354 g/mol. The number of ether oxygens (including phenoxy) is 1. The van der Waals surface area contributed by atoms with Crippen molar-refractivity contribution in [1.82, 2.24) is 9.97 Å². The number of carbonyl (C=O) groups excluding carboxylic acids is 2. The van der Waals surface area contributed by atoms with E-state index in [9.17, 15) is 9.59 Å². The third-order valence-corrected chi connectivity index (χ3v) is 4.41. The molecule has 4 rings (SSSR count). The van der Waals surface area contributed by atoms with Gasteiger partial charge in [0.25, 0.3) is 0 Å². The molecule has 0 fully saturated rings. The number of carbonyl (C=O) groups is 2. The number of benzene rings is 3. The predicted molar refractivity (Wildman–Crippen MR) is 106 cm³/mol. The molecular formula is C22H17N3O3. The SMILES string of the molecule is Cc1ccc(C(=O)c2ccc(-c3nc4ccc(OC(N)=O)cc4[nH]3)cc2)cc1. The summed E-state index contributed by atoms with van der Waals surface area (Å²) in [4.78, 5) is 31.2. The van der Waals surface area contributed by atoms with Gasteiger partial charge in [-0.1, -0.05) is 54.1 Å². The highest BCUT2D eigenvalue weighted by atomic mass is 16.5. The highest BCUT2D eigenvalue weighted by molar-refractivity contribution is 6.09. The van der Waals surface area contributed by atoms with E-state index in [0.717, 1.165) is 16.6 Å². The first-order chi connectivity index (χ1) is 13.5. The zero-order valence-electron chi connectivity index (χ0n) is 15.1. The molecule has 0 aliphatic carbocycles. The maximum atomic E-state index is 12.6. The number of nitrogens with one attached hydrogen (secondary N) is 1. The molecule has 4 aromatic rings. The average Bonchev–Trinajstić information content (AvgIpc) is 3.11. The maximum absolute atomic E-state index is 12.6. The number of primary amides is 1. The van der Waals surface area contributed by atoms with Crippen molar-refractivity contribution in [2.45, 2.75) is 6.92 Å². The zero-order valence-corrected chi connectivity index (χ0v) is 15.1. The van der Waals surface area contributed by atoms with Gasteiger partial charge in [0.2, 0.25) is 0 Å². The van der Waals surface area contributed by atoms with Crippen LogP contribution in [0.2, 0.25) is 0 Å². The summed E-state index contributed by atoms with van der Waals surface area (Å²) in [5.74, 6) is 0.971. The van der Waals surface area contributed by atoms with Crippen LogP contribution in [-0.2, 0) is 0 Å². The number of fused-ring (bicyclic) bond motifs is 1. The van der Waals surface area contributed by atoms with Crippen LogP contribution in [0.1, 0.15) is 21.5 Å². The Kier molecular flexibility index (Phi) is 4.37. The molecule has 28 heavy (non-hydrogen) atoms. The lowest BCUT2D eigenvalue weighted by Gasteiger charge is -2.03. The second kappa shape index (κ2) is 7.00. The number of nitrogens with two attached hydrogens (primary N) is 1. The number of rotatable bonds is 4. The van der Waals surface area contributed by atoms with Crippen molar-refractivity contribution in [3.63, 3.8) is 0 Å². The quantitative estimate of drug-likeness (QED) is 0.525. The molecule has 0 bridgehead atoms. The van der Waals surface area contributed by atoms with Gasteiger partial charge in [-0.15, -0.1) is 0 Å². The molecule has 3 aromatic carbocycles. The van der Waals surface area contributed by atoms with E-state index in [1.807, 2.05) is 43.3 Å². The minimum absolute atomic E-state index is 0.0237. The smallest absolute Gasteiger partial charge is 0.409 e. The summed E-state index contributed by atoms with van der Waals surface area (Å²) < 4.78 is 4.88. The first-order valence-electron chi connectivity index (χ1n) is 8.68. The van der Waals surface area contributed by atoms with E-state index in [4.69, 9.17) is 10.5 Å². The fraction of sp³-hybridized carbons (Fsp3) is 0.0455. The number of aromatic nitrogens is 2. The highest BCUT2D eigenvalue weighted by Gasteiger charge is 2.11. The van der Waals surface area contributed by atoms with Crippen molar-refractivity contribution in [3.05, 3.63) is 83.4 Å². The summed E-state index contributed by atoms with van der Waals surface area (Å²) >= 11 is 0. The van der Waals surface area contributed by atoms with Gasteiger partial charge in [-0.25, -0.2) is 9.78 Å². The molecule has 0 saturated heterocycles. The van der Waals surface area contributed by atoms with Crippen molar-refractivity contribution < 1.29 is 14.3 Å². The van der Waals surface area contributed by atoms with Crippen LogP contribution in [0.4, 0.5) is 4.79 Å². The van der Waals surface area contributed by atoms with Crippen LogP contribution >= 0.6 is 0 Å². The van der Waals surface area contributed by atoms with E-state index >= 15 is 0 Å². The van der Waals surface area contributed by atoms with Crippen molar-refractivity contribution in [2.75, 3.05) is 0 Å². The topological polar surface area (TPSA) is 98.1 Å². The molecule has 0 aliphatic heterocycles. The summed E-state index contributed by atoms with van der Waals surface area (Å²) in [7, 11) is 0. The van der Waals surface area contributed by atoms with Gasteiger partial charge in [0.1, 0.15) is 11.6 Å². The molecule has 0 radical (unpaired) electrons. The third kappa shape index (κ3) is 3.48. The molecule has 138 valence electrons. The summed E-state index contributed by atoms with van der Waals surface area (Å²) in [6, 6.07) is 19.8. The second-order valence-corrected chi connectivity index (χ2v) is 6.46. The number of aryl methyl sites for hydroxylation is 1. The third-order valence-electron chi connectivity index (χ3n) is 4.41. The molecule has 1 amide bonds. The van der Waals surface area contributed by atoms with Crippen molar-refractivity contribution in [3.8, 4) is 17.1 Å². The number of nitrogens with zero attached hydrogens (tertiary/aromatic N) is 1. The standard InChI is InChI=1S/C22H17N3O3/c1-13-2-4-14(5-3-13)20(26)15-6-8-16(9-7-15)21-24-18-11-10-17(28-22(23)27)12-19(18)25-21/h2-12H,1H3,(H2,23,27)(H,24,25). The largest absolute Gasteiger partial charge is 0.410 e. The van der Waals surface area contributed by atoms with Gasteiger partial charge in [0.05, 0.1) is 11.0 Å². The Bertz CT molecular complexity index is 1180. The van der Waals surface area contributed by atoms with Gasteiger partial charge in [-0.05, 0) is 19.1 Å². The fourth-order valence-electron chi connectivity index (χ4n) is 2.96. The van der Waals surface area contributed by atoms with E-state index in [1.165, 1.54) is 0 Å². The summed E-state index contributed by atoms with van der Waals surface area (Å²) in [6.07, 6.45) is -0.868. The molecule has 0 aliphatic rings. The summed E-state index contributed by atoms with van der Waals surface area (Å²) in [5, 5.41) is 0. The Balaban J connectivity index is 1.60. The normalized spacial score (nSPS) is 10.8. The van der Waals surface area contributed by atoms with E-state index in [1.54, 1.807) is 30.3 Å². The molecule has 0 saturated carbocycles. The Hall–Kier alpha value is -3.93. The van der Waals surface area contributed by atoms with Crippen LogP contribution in [0.5, 0.6) is 5.75 Å². The average molecular weight is 371 g/mol. The number of aromatic amines is 1. The van der Waals surface area contributed by atoms with Crippen LogP contribution < -0.4 is 10.5 Å². The Morgan fingerprint density at radius 2 is 1.57 bits per heavy atom.